The number of sulfonamides is 1. The van der Waals surface area contributed by atoms with E-state index in [9.17, 15) is 28.2 Å². The first-order chi connectivity index (χ1) is 24.4. The molecule has 2 aliphatic carbocycles. The average molecular weight is 690 g/mol. The molecule has 0 saturated carbocycles. The molecule has 6 aromatic carbocycles. The highest BCUT2D eigenvalue weighted by Crippen LogP contribution is 2.47. The summed E-state index contributed by atoms with van der Waals surface area (Å²) in [6.45, 7) is 2.08. The van der Waals surface area contributed by atoms with Crippen LogP contribution in [0.3, 0.4) is 0 Å². The van der Waals surface area contributed by atoms with Gasteiger partial charge in [0.15, 0.2) is 0 Å². The number of carboxylic acids is 2. The van der Waals surface area contributed by atoms with Gasteiger partial charge in [0.25, 0.3) is 0 Å². The van der Waals surface area contributed by atoms with Crippen molar-refractivity contribution in [1.82, 2.24) is 19.9 Å². The predicted molar refractivity (Wildman–Crippen MR) is 193 cm³/mol. The Morgan fingerprint density at radius 1 is 0.549 bits per heavy atom. The number of hydrogen-bond donors (Lipinski definition) is 3. The molecule has 4 N–H and O–H groups in total. The van der Waals surface area contributed by atoms with E-state index in [-0.39, 0.29) is 16.0 Å². The first-order valence-electron chi connectivity index (χ1n) is 15.7. The lowest BCUT2D eigenvalue weighted by Crippen LogP contribution is -2.12. The molecular formula is C39H23N5O6S. The van der Waals surface area contributed by atoms with Crippen LogP contribution in [0.4, 0.5) is 0 Å². The van der Waals surface area contributed by atoms with Crippen molar-refractivity contribution in [3.63, 3.8) is 0 Å². The average Bonchev–Trinajstić information content (AvgIpc) is 3.58. The SMILES string of the molecule is Cc1cc2c3c(cccc3c1)-c1nc3cc(C(=O)O)ccc3nc1-2.NS(=O)(=O)c1cc2c3c(cccc3c1)-c1nc3ccc(C(=O)O)cc3nc1-2. The Bertz CT molecular complexity index is 3030. The highest BCUT2D eigenvalue weighted by Gasteiger charge is 2.28. The third kappa shape index (κ3) is 4.72. The summed E-state index contributed by atoms with van der Waals surface area (Å²) in [5.41, 5.74) is 10.3. The van der Waals surface area contributed by atoms with Crippen molar-refractivity contribution in [2.24, 2.45) is 5.14 Å². The van der Waals surface area contributed by atoms with Crippen LogP contribution >= 0.6 is 0 Å². The minimum Gasteiger partial charge on any atom is -0.478 e. The van der Waals surface area contributed by atoms with Gasteiger partial charge in [0.05, 0.1) is 60.9 Å². The van der Waals surface area contributed by atoms with Crippen LogP contribution in [0, 0.1) is 6.92 Å². The van der Waals surface area contributed by atoms with Crippen LogP contribution in [-0.4, -0.2) is 50.5 Å². The first-order valence-corrected chi connectivity index (χ1v) is 17.2. The van der Waals surface area contributed by atoms with E-state index < -0.39 is 22.0 Å². The summed E-state index contributed by atoms with van der Waals surface area (Å²) < 4.78 is 23.8. The van der Waals surface area contributed by atoms with Crippen LogP contribution in [-0.2, 0) is 10.0 Å². The second kappa shape index (κ2) is 10.7. The third-order valence-corrected chi connectivity index (χ3v) is 10.1. The van der Waals surface area contributed by atoms with E-state index in [1.807, 2.05) is 24.3 Å². The smallest absolute Gasteiger partial charge is 0.335 e. The van der Waals surface area contributed by atoms with E-state index in [2.05, 4.69) is 41.2 Å². The van der Waals surface area contributed by atoms with Crippen LogP contribution in [0.25, 0.3) is 88.6 Å². The second-order valence-corrected chi connectivity index (χ2v) is 14.1. The van der Waals surface area contributed by atoms with Crippen LogP contribution in [0.2, 0.25) is 0 Å². The van der Waals surface area contributed by atoms with Crippen LogP contribution < -0.4 is 5.14 Å². The number of primary sulfonamides is 1. The number of fused-ring (bicyclic) bond motifs is 8. The lowest BCUT2D eigenvalue weighted by molar-refractivity contribution is 0.0686. The summed E-state index contributed by atoms with van der Waals surface area (Å²) in [6.07, 6.45) is 0. The van der Waals surface area contributed by atoms with Gasteiger partial charge >= 0.3 is 11.9 Å². The number of nitrogens with two attached hydrogens (primary N) is 1. The molecule has 11 nitrogen and oxygen atoms in total. The van der Waals surface area contributed by atoms with E-state index >= 15 is 0 Å². The van der Waals surface area contributed by atoms with E-state index in [4.69, 9.17) is 15.1 Å². The Hall–Kier alpha value is -6.63. The molecule has 12 heteroatoms. The summed E-state index contributed by atoms with van der Waals surface area (Å²) in [4.78, 5) is 41.2. The number of carbonyl (C=O) groups is 2. The summed E-state index contributed by atoms with van der Waals surface area (Å²) >= 11 is 0. The van der Waals surface area contributed by atoms with Crippen LogP contribution in [0.1, 0.15) is 26.3 Å². The van der Waals surface area contributed by atoms with E-state index in [0.29, 0.717) is 39.0 Å². The molecule has 2 aliphatic rings. The number of aromatic carboxylic acids is 2. The number of nitrogens with zero attached hydrogens (tertiary/aromatic N) is 4. The van der Waals surface area contributed by atoms with Gasteiger partial charge < -0.3 is 10.2 Å². The topological polar surface area (TPSA) is 186 Å². The highest BCUT2D eigenvalue weighted by atomic mass is 32.2. The lowest BCUT2D eigenvalue weighted by Gasteiger charge is -2.06. The molecule has 0 radical (unpaired) electrons. The summed E-state index contributed by atoms with van der Waals surface area (Å²) in [5.74, 6) is -2.01. The number of aryl methyl sites for hydroxylation is 1. The zero-order valence-electron chi connectivity index (χ0n) is 26.5. The van der Waals surface area contributed by atoms with Crippen molar-refractivity contribution in [2.45, 2.75) is 11.8 Å². The van der Waals surface area contributed by atoms with Gasteiger partial charge in [0, 0.05) is 33.0 Å². The lowest BCUT2D eigenvalue weighted by atomic mass is 10.0. The molecule has 0 amide bonds. The molecule has 2 aromatic heterocycles. The fourth-order valence-corrected chi connectivity index (χ4v) is 7.61. The van der Waals surface area contributed by atoms with Crippen LogP contribution in [0.5, 0.6) is 0 Å². The minimum atomic E-state index is -3.89. The Kier molecular flexibility index (Phi) is 6.37. The second-order valence-electron chi connectivity index (χ2n) is 12.5. The van der Waals surface area contributed by atoms with Crippen molar-refractivity contribution in [2.75, 3.05) is 0 Å². The maximum Gasteiger partial charge on any atom is 0.335 e. The number of benzene rings is 6. The van der Waals surface area contributed by atoms with E-state index in [1.54, 1.807) is 24.3 Å². The molecule has 8 aromatic rings. The van der Waals surface area contributed by atoms with Crippen molar-refractivity contribution >= 4 is 65.6 Å². The van der Waals surface area contributed by atoms with Gasteiger partial charge in [-0.25, -0.2) is 43.1 Å². The van der Waals surface area contributed by atoms with Gasteiger partial charge in [-0.1, -0.05) is 42.5 Å². The fraction of sp³-hybridized carbons (Fsp3) is 0.0256. The first kappa shape index (κ1) is 30.4. The van der Waals surface area contributed by atoms with Crippen LogP contribution in [0.15, 0.2) is 102 Å². The standard InChI is InChI=1S/C20H12N2O2.C19H11N3O4S/c1-10-7-11-3-2-4-13-17(11)14(8-10)19-18(13)22-16-9-12(20(23)24)5-6-15(16)21-19;20-27(25,26)11-6-9-2-1-3-12-16(9)13(8-11)18-17(12)21-14-5-4-10(19(23)24)7-15(14)22-18/h2-9H,1H3,(H,23,24);1-8H,(H,23,24)(H2,20,25,26). The third-order valence-electron chi connectivity index (χ3n) is 9.24. The maximum atomic E-state index is 11.9. The van der Waals surface area contributed by atoms with Gasteiger partial charge in [-0.15, -0.1) is 0 Å². The summed E-state index contributed by atoms with van der Waals surface area (Å²) in [7, 11) is -3.89. The Morgan fingerprint density at radius 2 is 1.00 bits per heavy atom. The van der Waals surface area contributed by atoms with Gasteiger partial charge in [0.1, 0.15) is 0 Å². The van der Waals surface area contributed by atoms with Gasteiger partial charge in [0.2, 0.25) is 10.0 Å². The number of rotatable bonds is 3. The Labute approximate surface area is 288 Å². The molecule has 246 valence electrons. The molecule has 51 heavy (non-hydrogen) atoms. The molecule has 0 aliphatic heterocycles. The molecule has 2 heterocycles. The van der Waals surface area contributed by atoms with Crippen molar-refractivity contribution in [3.05, 3.63) is 114 Å². The summed E-state index contributed by atoms with van der Waals surface area (Å²) in [5, 5.41) is 27.6. The van der Waals surface area contributed by atoms with Gasteiger partial charge in [-0.3, -0.25) is 0 Å². The Balaban J connectivity index is 0.000000137. The number of aromatic nitrogens is 4. The van der Waals surface area contributed by atoms with Crippen molar-refractivity contribution < 1.29 is 28.2 Å². The molecule has 0 spiro atoms. The number of hydrogen-bond acceptors (Lipinski definition) is 8. The minimum absolute atomic E-state index is 0.00353. The van der Waals surface area contributed by atoms with E-state index in [1.165, 1.54) is 40.6 Å². The molecule has 0 saturated heterocycles. The molecule has 0 fully saturated rings. The van der Waals surface area contributed by atoms with E-state index in [0.717, 1.165) is 38.9 Å². The normalized spacial score (nSPS) is 12.2. The Morgan fingerprint density at radius 3 is 1.49 bits per heavy atom. The molecular weight excluding hydrogens is 667 g/mol. The van der Waals surface area contributed by atoms with Gasteiger partial charge in [-0.2, -0.15) is 0 Å². The number of carboxylic acid groups (broad SMARTS) is 2. The largest absolute Gasteiger partial charge is 0.478 e. The molecule has 0 bridgehead atoms. The maximum absolute atomic E-state index is 11.9. The quantitative estimate of drug-likeness (QED) is 0.171. The predicted octanol–water partition coefficient (Wildman–Crippen LogP) is 7.21. The van der Waals surface area contributed by atoms with Gasteiger partial charge in [-0.05, 0) is 77.9 Å². The zero-order valence-corrected chi connectivity index (χ0v) is 27.4. The molecule has 0 unspecified atom stereocenters. The monoisotopic (exact) mass is 689 g/mol. The highest BCUT2D eigenvalue weighted by molar-refractivity contribution is 7.89. The fourth-order valence-electron chi connectivity index (χ4n) is 7.04. The van der Waals surface area contributed by atoms with Crippen molar-refractivity contribution in [1.29, 1.82) is 0 Å². The molecule has 10 rings (SSSR count). The van der Waals surface area contributed by atoms with Crippen molar-refractivity contribution in [3.8, 4) is 45.0 Å². The zero-order chi connectivity index (χ0) is 35.3. The molecule has 0 atom stereocenters. The summed E-state index contributed by atoms with van der Waals surface area (Å²) in [6, 6.07) is 28.5.